The number of hydrogen-bond donors (Lipinski definition) is 4. The zero-order valence-corrected chi connectivity index (χ0v) is 12.1. The first kappa shape index (κ1) is 14.1. The Kier molecular flexibility index (Phi) is 2.63. The van der Waals surface area contributed by atoms with Crippen LogP contribution in [0.3, 0.4) is 0 Å². The molecular weight excluding hydrogens is 312 g/mol. The van der Waals surface area contributed by atoms with Gasteiger partial charge in [0.15, 0.2) is 5.76 Å². The lowest BCUT2D eigenvalue weighted by atomic mass is 9.88. The van der Waals surface area contributed by atoms with Crippen molar-refractivity contribution in [3.05, 3.63) is 53.3 Å². The normalized spacial score (nSPS) is 14.5. The van der Waals surface area contributed by atoms with E-state index in [4.69, 9.17) is 0 Å². The maximum absolute atomic E-state index is 12.1. The fourth-order valence-electron chi connectivity index (χ4n) is 3.07. The molecule has 0 unspecified atom stereocenters. The predicted octanol–water partition coefficient (Wildman–Crippen LogP) is 2.95. The largest absolute Gasteiger partial charge is 0.507 e. The summed E-state index contributed by atoms with van der Waals surface area (Å²) in [5.74, 6) is -5.09. The molecule has 1 aliphatic rings. The van der Waals surface area contributed by atoms with Crippen LogP contribution in [0.15, 0.2) is 42.2 Å². The number of aromatic hydroxyl groups is 2. The van der Waals surface area contributed by atoms with Crippen LogP contribution >= 0.6 is 0 Å². The van der Waals surface area contributed by atoms with Crippen molar-refractivity contribution in [2.24, 2.45) is 0 Å². The summed E-state index contributed by atoms with van der Waals surface area (Å²) in [5, 5.41) is 42.1. The van der Waals surface area contributed by atoms with Crippen LogP contribution in [-0.4, -0.2) is 32.0 Å². The molecule has 4 N–H and O–H groups in total. The average molecular weight is 322 g/mol. The fourth-order valence-corrected chi connectivity index (χ4v) is 3.07. The number of allylic oxidation sites excluding steroid dienone is 1. The number of hydrogen-bond acceptors (Lipinski definition) is 6. The van der Waals surface area contributed by atoms with Crippen LogP contribution in [-0.2, 0) is 4.79 Å². The Morgan fingerprint density at radius 1 is 0.708 bits per heavy atom. The van der Waals surface area contributed by atoms with Gasteiger partial charge in [-0.05, 0) is 22.9 Å². The first-order valence-electron chi connectivity index (χ1n) is 7.03. The lowest BCUT2D eigenvalue weighted by Gasteiger charge is -2.18. The van der Waals surface area contributed by atoms with Gasteiger partial charge in [0.25, 0.3) is 5.78 Å². The third-order valence-corrected chi connectivity index (χ3v) is 4.22. The minimum Gasteiger partial charge on any atom is -0.507 e. The number of aliphatic hydroxyl groups is 2. The summed E-state index contributed by atoms with van der Waals surface area (Å²) in [5.41, 5.74) is -0.592. The van der Waals surface area contributed by atoms with Crippen LogP contribution in [0.2, 0.25) is 0 Å². The Labute approximate surface area is 134 Å². The fraction of sp³-hybridized carbons (Fsp3) is 0. The van der Waals surface area contributed by atoms with Crippen molar-refractivity contribution in [2.45, 2.75) is 0 Å². The summed E-state index contributed by atoms with van der Waals surface area (Å²) in [4.78, 5) is 23.8. The molecule has 3 aromatic rings. The van der Waals surface area contributed by atoms with Crippen LogP contribution in [0.4, 0.5) is 0 Å². The van der Waals surface area contributed by atoms with E-state index < -0.39 is 28.8 Å². The second-order valence-electron chi connectivity index (χ2n) is 5.55. The molecule has 0 atom stereocenters. The summed E-state index contributed by atoms with van der Waals surface area (Å²) in [7, 11) is 0. The number of benzene rings is 3. The molecule has 118 valence electrons. The van der Waals surface area contributed by atoms with Gasteiger partial charge >= 0.3 is 0 Å². The smallest absolute Gasteiger partial charge is 0.271 e. The third kappa shape index (κ3) is 1.59. The van der Waals surface area contributed by atoms with Crippen LogP contribution < -0.4 is 0 Å². The Morgan fingerprint density at radius 3 is 2.17 bits per heavy atom. The van der Waals surface area contributed by atoms with Crippen molar-refractivity contribution >= 4 is 38.9 Å². The van der Waals surface area contributed by atoms with Crippen LogP contribution in [0.25, 0.3) is 27.3 Å². The van der Waals surface area contributed by atoms with E-state index in [-0.39, 0.29) is 22.3 Å². The first-order valence-corrected chi connectivity index (χ1v) is 7.03. The van der Waals surface area contributed by atoms with Gasteiger partial charge in [-0.1, -0.05) is 24.3 Å². The van der Waals surface area contributed by atoms with Gasteiger partial charge in [0.05, 0.1) is 10.9 Å². The van der Waals surface area contributed by atoms with E-state index in [0.29, 0.717) is 16.2 Å². The van der Waals surface area contributed by atoms with Gasteiger partial charge in [0, 0.05) is 10.9 Å². The number of phenolic OH excluding ortho intramolecular Hbond substituents is 2. The van der Waals surface area contributed by atoms with Crippen LogP contribution in [0, 0.1) is 0 Å². The lowest BCUT2D eigenvalue weighted by Crippen LogP contribution is -2.24. The van der Waals surface area contributed by atoms with Crippen molar-refractivity contribution in [2.75, 3.05) is 0 Å². The van der Waals surface area contributed by atoms with Crippen LogP contribution in [0.1, 0.15) is 15.9 Å². The molecule has 0 saturated carbocycles. The lowest BCUT2D eigenvalue weighted by molar-refractivity contribution is -0.114. The Balaban J connectivity index is 2.24. The highest BCUT2D eigenvalue weighted by atomic mass is 16.3. The molecular formula is C18H10O6. The maximum Gasteiger partial charge on any atom is 0.271 e. The molecule has 0 fully saturated rings. The van der Waals surface area contributed by atoms with Gasteiger partial charge in [-0.15, -0.1) is 0 Å². The second kappa shape index (κ2) is 4.48. The summed E-state index contributed by atoms with van der Waals surface area (Å²) in [6.45, 7) is 0. The molecule has 0 spiro atoms. The zero-order chi connectivity index (χ0) is 17.2. The van der Waals surface area contributed by atoms with Gasteiger partial charge < -0.3 is 20.4 Å². The van der Waals surface area contributed by atoms with Gasteiger partial charge in [0.1, 0.15) is 11.5 Å². The second-order valence-corrected chi connectivity index (χ2v) is 5.55. The summed E-state index contributed by atoms with van der Waals surface area (Å²) >= 11 is 0. The van der Waals surface area contributed by atoms with Crippen molar-refractivity contribution in [1.82, 2.24) is 0 Å². The van der Waals surface area contributed by atoms with E-state index in [9.17, 15) is 30.0 Å². The van der Waals surface area contributed by atoms with Crippen LogP contribution in [0.5, 0.6) is 11.5 Å². The molecule has 24 heavy (non-hydrogen) atoms. The van der Waals surface area contributed by atoms with E-state index in [1.165, 1.54) is 6.07 Å². The number of ketones is 2. The highest BCUT2D eigenvalue weighted by Gasteiger charge is 2.36. The van der Waals surface area contributed by atoms with E-state index >= 15 is 0 Å². The van der Waals surface area contributed by atoms with Gasteiger partial charge in [0.2, 0.25) is 11.5 Å². The Bertz CT molecular complexity index is 1120. The van der Waals surface area contributed by atoms with Crippen molar-refractivity contribution in [3.63, 3.8) is 0 Å². The maximum atomic E-state index is 12.1. The number of fused-ring (bicyclic) bond motifs is 3. The molecule has 6 heteroatoms. The molecule has 6 nitrogen and oxygen atoms in total. The molecule has 0 saturated heterocycles. The molecule has 4 rings (SSSR count). The highest BCUT2D eigenvalue weighted by Crippen LogP contribution is 2.45. The molecule has 0 aromatic heterocycles. The molecule has 0 bridgehead atoms. The standard InChI is InChI=1S/C18H10O6/c19-13-9-4-2-1-3-7(9)5-8-6-10-12(15(21)11(8)13)16(22)18(24)17(23)14(10)20/h1-6,19,21-22,24H. The summed E-state index contributed by atoms with van der Waals surface area (Å²) < 4.78 is 0. The predicted molar refractivity (Wildman–Crippen MR) is 86.3 cm³/mol. The van der Waals surface area contributed by atoms with Gasteiger partial charge in [-0.3, -0.25) is 9.59 Å². The molecule has 3 aromatic carbocycles. The summed E-state index contributed by atoms with van der Waals surface area (Å²) in [6.07, 6.45) is 0. The molecule has 0 heterocycles. The molecule has 0 aliphatic heterocycles. The molecule has 1 aliphatic carbocycles. The third-order valence-electron chi connectivity index (χ3n) is 4.22. The average Bonchev–Trinajstić information content (AvgIpc) is 2.57. The van der Waals surface area contributed by atoms with E-state index in [0.717, 1.165) is 0 Å². The number of carbonyl (C=O) groups excluding carboxylic acids is 2. The Morgan fingerprint density at radius 2 is 1.42 bits per heavy atom. The zero-order valence-electron chi connectivity index (χ0n) is 12.1. The van der Waals surface area contributed by atoms with E-state index in [2.05, 4.69) is 0 Å². The number of phenols is 2. The monoisotopic (exact) mass is 322 g/mol. The van der Waals surface area contributed by atoms with Gasteiger partial charge in [-0.2, -0.15) is 0 Å². The highest BCUT2D eigenvalue weighted by molar-refractivity contribution is 6.52. The minimum atomic E-state index is -1.25. The Hall–Kier alpha value is -3.54. The molecule has 0 radical (unpaired) electrons. The number of carbonyl (C=O) groups is 2. The topological polar surface area (TPSA) is 115 Å². The number of aliphatic hydroxyl groups excluding tert-OH is 2. The number of Topliss-reactive ketones (excluding diaryl/α,β-unsaturated/α-hetero) is 2. The van der Waals surface area contributed by atoms with Crippen molar-refractivity contribution < 1.29 is 30.0 Å². The van der Waals surface area contributed by atoms with Gasteiger partial charge in [-0.25, -0.2) is 0 Å². The summed E-state index contributed by atoms with van der Waals surface area (Å²) in [6, 6.07) is 9.85. The van der Waals surface area contributed by atoms with Crippen molar-refractivity contribution in [1.29, 1.82) is 0 Å². The first-order chi connectivity index (χ1) is 11.4. The SMILES string of the molecule is O=C1C(=O)c2cc3cc4ccccc4c(O)c3c(O)c2C(O)=C1O. The molecule has 0 amide bonds. The minimum absolute atomic E-state index is 0.0222. The van der Waals surface area contributed by atoms with E-state index in [1.807, 2.05) is 0 Å². The van der Waals surface area contributed by atoms with Crippen molar-refractivity contribution in [3.8, 4) is 11.5 Å². The quantitative estimate of drug-likeness (QED) is 0.374. The van der Waals surface area contributed by atoms with E-state index in [1.54, 1.807) is 30.3 Å². The number of rotatable bonds is 0.